The second kappa shape index (κ2) is 4.90. The van der Waals surface area contributed by atoms with Gasteiger partial charge >= 0.3 is 12.1 Å². The number of aliphatic carboxylic acids is 1. The third kappa shape index (κ3) is 4.18. The van der Waals surface area contributed by atoms with E-state index >= 15 is 0 Å². The van der Waals surface area contributed by atoms with Gasteiger partial charge in [0, 0.05) is 5.56 Å². The summed E-state index contributed by atoms with van der Waals surface area (Å²) >= 11 is 0. The first-order valence-corrected chi connectivity index (χ1v) is 5.04. The number of carboxylic acid groups (broad SMARTS) is 1. The van der Waals surface area contributed by atoms with Gasteiger partial charge in [-0.05, 0) is 26.8 Å². The fraction of sp³-hybridized carbons (Fsp3) is 0.455. The van der Waals surface area contributed by atoms with E-state index in [0.29, 0.717) is 5.56 Å². The number of alkyl carbamates (subject to hydrolysis) is 1. The highest BCUT2D eigenvalue weighted by Gasteiger charge is 2.25. The molecule has 1 atom stereocenters. The summed E-state index contributed by atoms with van der Waals surface area (Å²) in [7, 11) is 0. The van der Waals surface area contributed by atoms with Gasteiger partial charge in [0.25, 0.3) is 0 Å². The largest absolute Gasteiger partial charge is 0.479 e. The summed E-state index contributed by atoms with van der Waals surface area (Å²) in [5.41, 5.74) is -0.327. The molecule has 1 aromatic heterocycles. The van der Waals surface area contributed by atoms with Crippen molar-refractivity contribution in [1.29, 1.82) is 0 Å². The van der Waals surface area contributed by atoms with E-state index in [4.69, 9.17) is 14.3 Å². The van der Waals surface area contributed by atoms with Crippen LogP contribution in [0.4, 0.5) is 4.79 Å². The highest BCUT2D eigenvalue weighted by molar-refractivity contribution is 5.81. The van der Waals surface area contributed by atoms with Gasteiger partial charge in [-0.15, -0.1) is 0 Å². The molecule has 6 nitrogen and oxygen atoms in total. The minimum absolute atomic E-state index is 0.350. The summed E-state index contributed by atoms with van der Waals surface area (Å²) < 4.78 is 9.75. The molecule has 0 aromatic carbocycles. The summed E-state index contributed by atoms with van der Waals surface area (Å²) in [5.74, 6) is -1.18. The third-order valence-electron chi connectivity index (χ3n) is 1.78. The molecule has 1 rings (SSSR count). The van der Waals surface area contributed by atoms with E-state index in [1.165, 1.54) is 18.6 Å². The van der Waals surface area contributed by atoms with Crippen molar-refractivity contribution in [3.8, 4) is 0 Å². The number of amides is 1. The fourth-order valence-electron chi connectivity index (χ4n) is 1.15. The molecule has 0 radical (unpaired) electrons. The topological polar surface area (TPSA) is 88.8 Å². The minimum atomic E-state index is -1.18. The van der Waals surface area contributed by atoms with Crippen molar-refractivity contribution in [2.45, 2.75) is 32.4 Å². The molecule has 1 heterocycles. The SMILES string of the molecule is CC(C)(C)OC(=O)NC(C(=O)O)c1ccoc1. The Balaban J connectivity index is 2.69. The van der Waals surface area contributed by atoms with Crippen LogP contribution in [-0.4, -0.2) is 22.8 Å². The van der Waals surface area contributed by atoms with Gasteiger partial charge in [0.15, 0.2) is 6.04 Å². The number of nitrogens with one attached hydrogen (secondary N) is 1. The van der Waals surface area contributed by atoms with E-state index in [1.54, 1.807) is 20.8 Å². The van der Waals surface area contributed by atoms with Gasteiger partial charge < -0.3 is 19.6 Å². The standard InChI is InChI=1S/C11H15NO5/c1-11(2,3)17-10(15)12-8(9(13)14)7-4-5-16-6-7/h4-6,8H,1-3H3,(H,12,15)(H,13,14). The Bertz CT molecular complexity index is 390. The Labute approximate surface area is 98.6 Å². The summed E-state index contributed by atoms with van der Waals surface area (Å²) in [6.45, 7) is 5.08. The third-order valence-corrected chi connectivity index (χ3v) is 1.78. The van der Waals surface area contributed by atoms with Crippen molar-refractivity contribution >= 4 is 12.1 Å². The van der Waals surface area contributed by atoms with Gasteiger partial charge in [0.2, 0.25) is 0 Å². The zero-order valence-corrected chi connectivity index (χ0v) is 9.89. The van der Waals surface area contributed by atoms with Crippen LogP contribution in [0, 0.1) is 0 Å². The number of ether oxygens (including phenoxy) is 1. The van der Waals surface area contributed by atoms with Crippen molar-refractivity contribution in [1.82, 2.24) is 5.32 Å². The normalized spacial score (nSPS) is 12.9. The van der Waals surface area contributed by atoms with Crippen molar-refractivity contribution in [3.05, 3.63) is 24.2 Å². The summed E-state index contributed by atoms with van der Waals surface area (Å²) in [6.07, 6.45) is 1.81. The maximum atomic E-state index is 11.4. The quantitative estimate of drug-likeness (QED) is 0.844. The highest BCUT2D eigenvalue weighted by atomic mass is 16.6. The van der Waals surface area contributed by atoms with Crippen LogP contribution in [-0.2, 0) is 9.53 Å². The van der Waals surface area contributed by atoms with E-state index in [1.807, 2.05) is 0 Å². The maximum Gasteiger partial charge on any atom is 0.408 e. The van der Waals surface area contributed by atoms with E-state index in [-0.39, 0.29) is 0 Å². The van der Waals surface area contributed by atoms with Crippen molar-refractivity contribution in [2.24, 2.45) is 0 Å². The van der Waals surface area contributed by atoms with Crippen molar-refractivity contribution < 1.29 is 23.8 Å². The van der Waals surface area contributed by atoms with E-state index < -0.39 is 23.7 Å². The molecule has 0 aliphatic carbocycles. The van der Waals surface area contributed by atoms with Crippen LogP contribution in [0.3, 0.4) is 0 Å². The first-order chi connectivity index (χ1) is 7.79. The lowest BCUT2D eigenvalue weighted by molar-refractivity contribution is -0.139. The van der Waals surface area contributed by atoms with Crippen LogP contribution in [0.25, 0.3) is 0 Å². The summed E-state index contributed by atoms with van der Waals surface area (Å²) in [5, 5.41) is 11.2. The van der Waals surface area contributed by atoms with Crippen molar-refractivity contribution in [3.63, 3.8) is 0 Å². The summed E-state index contributed by atoms with van der Waals surface area (Å²) in [6, 6.07) is 0.291. The molecule has 6 heteroatoms. The second-order valence-corrected chi connectivity index (χ2v) is 4.47. The van der Waals surface area contributed by atoms with Gasteiger partial charge in [0.1, 0.15) is 5.60 Å². The Morgan fingerprint density at radius 2 is 2.12 bits per heavy atom. The molecule has 1 amide bonds. The molecule has 0 bridgehead atoms. The number of carbonyl (C=O) groups is 2. The second-order valence-electron chi connectivity index (χ2n) is 4.47. The smallest absolute Gasteiger partial charge is 0.408 e. The molecule has 0 aliphatic heterocycles. The fourth-order valence-corrected chi connectivity index (χ4v) is 1.15. The van der Waals surface area contributed by atoms with Gasteiger partial charge in [-0.2, -0.15) is 0 Å². The Kier molecular flexibility index (Phi) is 3.77. The molecule has 0 saturated carbocycles. The van der Waals surface area contributed by atoms with Crippen LogP contribution in [0.1, 0.15) is 32.4 Å². The molecule has 0 saturated heterocycles. The number of carboxylic acids is 1. The zero-order chi connectivity index (χ0) is 13.1. The van der Waals surface area contributed by atoms with E-state index in [0.717, 1.165) is 0 Å². The Hall–Kier alpha value is -1.98. The Morgan fingerprint density at radius 1 is 1.47 bits per heavy atom. The molecule has 0 fully saturated rings. The molecule has 1 unspecified atom stereocenters. The van der Waals surface area contributed by atoms with Crippen LogP contribution in [0.2, 0.25) is 0 Å². The molecular formula is C11H15NO5. The van der Waals surface area contributed by atoms with Crippen LogP contribution in [0.5, 0.6) is 0 Å². The molecule has 0 spiro atoms. The monoisotopic (exact) mass is 241 g/mol. The predicted molar refractivity (Wildman–Crippen MR) is 58.5 cm³/mol. The van der Waals surface area contributed by atoms with Crippen LogP contribution in [0.15, 0.2) is 23.0 Å². The first-order valence-electron chi connectivity index (χ1n) is 5.04. The lowest BCUT2D eigenvalue weighted by atomic mass is 10.1. The average Bonchev–Trinajstić information content (AvgIpc) is 2.63. The van der Waals surface area contributed by atoms with Gasteiger partial charge in [-0.25, -0.2) is 9.59 Å². The first kappa shape index (κ1) is 13.1. The van der Waals surface area contributed by atoms with Crippen LogP contribution >= 0.6 is 0 Å². The lowest BCUT2D eigenvalue weighted by Gasteiger charge is -2.21. The van der Waals surface area contributed by atoms with Gasteiger partial charge in [-0.3, -0.25) is 0 Å². The molecule has 94 valence electrons. The number of rotatable bonds is 3. The van der Waals surface area contributed by atoms with Crippen LogP contribution < -0.4 is 5.32 Å². The molecule has 2 N–H and O–H groups in total. The molecule has 0 aliphatic rings. The molecule has 17 heavy (non-hydrogen) atoms. The average molecular weight is 241 g/mol. The predicted octanol–water partition coefficient (Wildman–Crippen LogP) is 1.93. The summed E-state index contributed by atoms with van der Waals surface area (Å²) in [4.78, 5) is 22.4. The number of furan rings is 1. The Morgan fingerprint density at radius 3 is 2.53 bits per heavy atom. The zero-order valence-electron chi connectivity index (χ0n) is 9.89. The maximum absolute atomic E-state index is 11.4. The van der Waals surface area contributed by atoms with E-state index in [2.05, 4.69) is 5.32 Å². The number of hydrogen-bond donors (Lipinski definition) is 2. The molecule has 1 aromatic rings. The molecular weight excluding hydrogens is 226 g/mol. The van der Waals surface area contributed by atoms with Crippen molar-refractivity contribution in [2.75, 3.05) is 0 Å². The lowest BCUT2D eigenvalue weighted by Crippen LogP contribution is -2.37. The number of hydrogen-bond acceptors (Lipinski definition) is 4. The van der Waals surface area contributed by atoms with Gasteiger partial charge in [0.05, 0.1) is 12.5 Å². The highest BCUT2D eigenvalue weighted by Crippen LogP contribution is 2.15. The number of carbonyl (C=O) groups excluding carboxylic acids is 1. The van der Waals surface area contributed by atoms with Gasteiger partial charge in [-0.1, -0.05) is 0 Å². The van der Waals surface area contributed by atoms with E-state index in [9.17, 15) is 9.59 Å². The minimum Gasteiger partial charge on any atom is -0.479 e.